The van der Waals surface area contributed by atoms with Gasteiger partial charge in [-0.15, -0.1) is 0 Å². The molecule has 2 amide bonds. The van der Waals surface area contributed by atoms with E-state index >= 15 is 0 Å². The van der Waals surface area contributed by atoms with Gasteiger partial charge in [0.05, 0.1) is 41.8 Å². The number of hydrogen-bond donors (Lipinski definition) is 4. The molecule has 2 atom stereocenters. The topological polar surface area (TPSA) is 139 Å². The van der Waals surface area contributed by atoms with Crippen LogP contribution in [0.1, 0.15) is 36.9 Å². The second kappa shape index (κ2) is 15.3. The molecule has 0 spiro atoms. The SMILES string of the molecule is COc1cc(-c2nccc(-c3cccc(-c4cnc(CNC[C@@H]5CCC(=O)N5)c(OC)n4)c3Cl)c2Cl)ccc1CNC[C@H]1CCC(=O)N1. The zero-order valence-electron chi connectivity index (χ0n) is 26.7. The van der Waals surface area contributed by atoms with Crippen LogP contribution in [0, 0.1) is 0 Å². The van der Waals surface area contributed by atoms with E-state index in [2.05, 4.69) is 31.2 Å². The Morgan fingerprint density at radius 3 is 2.19 bits per heavy atom. The van der Waals surface area contributed by atoms with Gasteiger partial charge >= 0.3 is 0 Å². The van der Waals surface area contributed by atoms with Crippen molar-refractivity contribution in [2.75, 3.05) is 27.3 Å². The van der Waals surface area contributed by atoms with E-state index in [9.17, 15) is 9.59 Å². The van der Waals surface area contributed by atoms with Crippen LogP contribution in [0.25, 0.3) is 33.6 Å². The van der Waals surface area contributed by atoms with E-state index < -0.39 is 0 Å². The van der Waals surface area contributed by atoms with E-state index in [1.807, 2.05) is 42.5 Å². The molecular weight excluding hydrogens is 653 g/mol. The smallest absolute Gasteiger partial charge is 0.237 e. The number of rotatable bonds is 13. The summed E-state index contributed by atoms with van der Waals surface area (Å²) in [6, 6.07) is 13.7. The van der Waals surface area contributed by atoms with Gasteiger partial charge in [0.2, 0.25) is 17.7 Å². The number of carbonyl (C=O) groups is 2. The first-order valence-corrected chi connectivity index (χ1v) is 16.6. The van der Waals surface area contributed by atoms with E-state index in [1.54, 1.807) is 26.6 Å². The summed E-state index contributed by atoms with van der Waals surface area (Å²) in [5.74, 6) is 1.28. The van der Waals surface area contributed by atoms with Crippen molar-refractivity contribution in [3.63, 3.8) is 0 Å². The number of ether oxygens (including phenoxy) is 2. The molecule has 0 radical (unpaired) electrons. The van der Waals surface area contributed by atoms with Gasteiger partial charge in [0, 0.05) is 85.1 Å². The van der Waals surface area contributed by atoms with Crippen LogP contribution in [0.4, 0.5) is 0 Å². The van der Waals surface area contributed by atoms with E-state index in [4.69, 9.17) is 37.7 Å². The van der Waals surface area contributed by atoms with Gasteiger partial charge in [-0.1, -0.05) is 53.5 Å². The number of benzene rings is 2. The number of pyridine rings is 1. The maximum absolute atomic E-state index is 11.5. The summed E-state index contributed by atoms with van der Waals surface area (Å²) in [5, 5.41) is 13.6. The Hall–Kier alpha value is -4.29. The molecule has 0 saturated carbocycles. The Morgan fingerprint density at radius 1 is 0.833 bits per heavy atom. The van der Waals surface area contributed by atoms with Gasteiger partial charge in [-0.3, -0.25) is 19.6 Å². The first-order chi connectivity index (χ1) is 23.3. The van der Waals surface area contributed by atoms with Crippen molar-refractivity contribution in [1.82, 2.24) is 36.2 Å². The predicted molar refractivity (Wildman–Crippen MR) is 185 cm³/mol. The number of carbonyl (C=O) groups excluding carboxylic acids is 2. The quantitative estimate of drug-likeness (QED) is 0.154. The zero-order valence-corrected chi connectivity index (χ0v) is 28.3. The predicted octanol–water partition coefficient (Wildman–Crippen LogP) is 4.93. The molecule has 2 aromatic carbocycles. The third-order valence-corrected chi connectivity index (χ3v) is 9.37. The summed E-state index contributed by atoms with van der Waals surface area (Å²) in [4.78, 5) is 36.9. The number of hydrogen-bond acceptors (Lipinski definition) is 9. The second-order valence-corrected chi connectivity index (χ2v) is 12.6. The lowest BCUT2D eigenvalue weighted by atomic mass is 9.99. The largest absolute Gasteiger partial charge is 0.496 e. The van der Waals surface area contributed by atoms with Gasteiger partial charge in [-0.25, -0.2) is 4.98 Å². The number of nitrogens with one attached hydrogen (secondary N) is 4. The Balaban J connectivity index is 1.20. The average Bonchev–Trinajstić information content (AvgIpc) is 3.72. The highest BCUT2D eigenvalue weighted by atomic mass is 35.5. The Bertz CT molecular complexity index is 1690. The van der Waals surface area contributed by atoms with Crippen LogP contribution < -0.4 is 30.7 Å². The van der Waals surface area contributed by atoms with Gasteiger partial charge < -0.3 is 30.7 Å². The summed E-state index contributed by atoms with van der Waals surface area (Å²) < 4.78 is 11.3. The molecule has 13 heteroatoms. The standard InChI is InChI=1S/C35H37Cl2N7O4/c1-47-29-14-20(6-7-21(29)15-38-16-22-8-10-30(45)42-22)34-33(37)25(12-13-40-34)24-4-3-5-26(32(24)36)27-19-41-28(35(44-27)48-2)18-39-17-23-9-11-31(46)43-23/h3-7,12-14,19,22-23,38-39H,8-11,15-18H2,1-2H3,(H,42,45)(H,43,46)/t22-,23+/m1/s1. The van der Waals surface area contributed by atoms with Gasteiger partial charge in [0.1, 0.15) is 11.4 Å². The van der Waals surface area contributed by atoms with Gasteiger partial charge in [-0.2, -0.15) is 0 Å². The number of methoxy groups -OCH3 is 2. The molecule has 6 rings (SSSR count). The molecule has 48 heavy (non-hydrogen) atoms. The van der Waals surface area contributed by atoms with Crippen molar-refractivity contribution in [3.05, 3.63) is 76.2 Å². The van der Waals surface area contributed by atoms with Crippen molar-refractivity contribution in [1.29, 1.82) is 0 Å². The molecule has 4 N–H and O–H groups in total. The Kier molecular flexibility index (Phi) is 10.7. The lowest BCUT2D eigenvalue weighted by Crippen LogP contribution is -2.35. The number of nitrogens with zero attached hydrogens (tertiary/aromatic N) is 3. The Labute approximate surface area is 289 Å². The molecule has 4 heterocycles. The average molecular weight is 691 g/mol. The fraction of sp³-hybridized carbons (Fsp3) is 0.343. The highest BCUT2D eigenvalue weighted by Gasteiger charge is 2.22. The molecule has 0 aliphatic carbocycles. The van der Waals surface area contributed by atoms with E-state index in [-0.39, 0.29) is 23.9 Å². The molecular formula is C35H37Cl2N7O4. The van der Waals surface area contributed by atoms with Gasteiger partial charge in [-0.05, 0) is 25.0 Å². The normalized spacial score (nSPS) is 17.3. The molecule has 250 valence electrons. The van der Waals surface area contributed by atoms with Crippen LogP contribution in [0.3, 0.4) is 0 Å². The van der Waals surface area contributed by atoms with Crippen LogP contribution in [0.5, 0.6) is 11.6 Å². The minimum absolute atomic E-state index is 0.0823. The lowest BCUT2D eigenvalue weighted by molar-refractivity contribution is -0.120. The van der Waals surface area contributed by atoms with Crippen molar-refractivity contribution in [2.24, 2.45) is 0 Å². The van der Waals surface area contributed by atoms with Crippen molar-refractivity contribution >= 4 is 35.0 Å². The minimum Gasteiger partial charge on any atom is -0.496 e. The summed E-state index contributed by atoms with van der Waals surface area (Å²) in [6.07, 6.45) is 6.16. The number of halogens is 2. The number of amides is 2. The molecule has 11 nitrogen and oxygen atoms in total. The fourth-order valence-electron chi connectivity index (χ4n) is 6.05. The summed E-state index contributed by atoms with van der Waals surface area (Å²) in [6.45, 7) is 2.35. The van der Waals surface area contributed by atoms with Crippen molar-refractivity contribution in [3.8, 4) is 45.3 Å². The molecule has 2 fully saturated rings. The Morgan fingerprint density at radius 2 is 1.52 bits per heavy atom. The highest BCUT2D eigenvalue weighted by Crippen LogP contribution is 2.42. The van der Waals surface area contributed by atoms with E-state index in [0.717, 1.165) is 35.1 Å². The molecule has 2 aromatic heterocycles. The van der Waals surface area contributed by atoms with Crippen molar-refractivity contribution in [2.45, 2.75) is 50.9 Å². The molecule has 0 unspecified atom stereocenters. The minimum atomic E-state index is 0.0823. The molecule has 2 aliphatic heterocycles. The fourth-order valence-corrected chi connectivity index (χ4v) is 6.69. The second-order valence-electron chi connectivity index (χ2n) is 11.8. The third-order valence-electron chi connectivity index (χ3n) is 8.58. The van der Waals surface area contributed by atoms with Crippen LogP contribution in [0.15, 0.2) is 54.9 Å². The highest BCUT2D eigenvalue weighted by molar-refractivity contribution is 6.39. The van der Waals surface area contributed by atoms with Gasteiger partial charge in [0.25, 0.3) is 0 Å². The van der Waals surface area contributed by atoms with Crippen LogP contribution in [-0.2, 0) is 22.7 Å². The third kappa shape index (κ3) is 7.55. The van der Waals surface area contributed by atoms with E-state index in [0.29, 0.717) is 83.3 Å². The molecule has 4 aromatic rings. The summed E-state index contributed by atoms with van der Waals surface area (Å²) >= 11 is 14.1. The first-order valence-electron chi connectivity index (χ1n) is 15.9. The first kappa shape index (κ1) is 33.6. The monoisotopic (exact) mass is 689 g/mol. The van der Waals surface area contributed by atoms with Crippen LogP contribution in [0.2, 0.25) is 10.0 Å². The molecule has 2 aliphatic rings. The van der Waals surface area contributed by atoms with Crippen molar-refractivity contribution < 1.29 is 19.1 Å². The summed E-state index contributed by atoms with van der Waals surface area (Å²) in [5.41, 5.74) is 5.70. The number of aromatic nitrogens is 3. The van der Waals surface area contributed by atoms with Crippen LogP contribution in [-0.4, -0.2) is 66.2 Å². The maximum atomic E-state index is 11.5. The maximum Gasteiger partial charge on any atom is 0.237 e. The van der Waals surface area contributed by atoms with Crippen LogP contribution >= 0.6 is 23.2 Å². The zero-order chi connectivity index (χ0) is 33.6. The molecule has 0 bridgehead atoms. The summed E-state index contributed by atoms with van der Waals surface area (Å²) in [7, 11) is 3.19. The molecule has 2 saturated heterocycles. The lowest BCUT2D eigenvalue weighted by Gasteiger charge is -2.16. The van der Waals surface area contributed by atoms with Gasteiger partial charge in [0.15, 0.2) is 0 Å². The van der Waals surface area contributed by atoms with E-state index in [1.165, 1.54) is 0 Å².